The van der Waals surface area contributed by atoms with Gasteiger partial charge in [0, 0.05) is 88.9 Å². The molecule has 0 spiro atoms. The summed E-state index contributed by atoms with van der Waals surface area (Å²) in [7, 11) is 0. The first-order valence-electron chi connectivity index (χ1n) is 29.6. The summed E-state index contributed by atoms with van der Waals surface area (Å²) in [5.41, 5.74) is 27.6. The highest BCUT2D eigenvalue weighted by Crippen LogP contribution is 2.54. The van der Waals surface area contributed by atoms with E-state index in [0.29, 0.717) is 0 Å². The molecule has 2 aliphatic rings. The van der Waals surface area contributed by atoms with Crippen LogP contribution in [-0.4, -0.2) is 13.7 Å². The van der Waals surface area contributed by atoms with Gasteiger partial charge in [-0.25, -0.2) is 0 Å². The van der Waals surface area contributed by atoms with Crippen LogP contribution in [0.4, 0.5) is 34.1 Å². The third-order valence-corrected chi connectivity index (χ3v) is 18.3. The Morgan fingerprint density at radius 1 is 0.333 bits per heavy atom. The lowest BCUT2D eigenvalue weighted by molar-refractivity contribution is 0.661. The second-order valence-corrected chi connectivity index (χ2v) is 24.1. The summed E-state index contributed by atoms with van der Waals surface area (Å²) in [5.74, 6) is 0. The zero-order valence-electron chi connectivity index (χ0n) is 48.3. The van der Waals surface area contributed by atoms with Crippen LogP contribution in [0.25, 0.3) is 93.6 Å². The molecule has 0 unspecified atom stereocenters. The molecular formula is C79H63N5. The van der Waals surface area contributed by atoms with E-state index in [1.54, 1.807) is 0 Å². The van der Waals surface area contributed by atoms with E-state index < -0.39 is 0 Å². The van der Waals surface area contributed by atoms with Crippen LogP contribution >= 0.6 is 0 Å². The molecule has 3 aromatic heterocycles. The largest absolute Gasteiger partial charge is 0.313 e. The number of benzene rings is 11. The second kappa shape index (κ2) is 19.0. The first-order chi connectivity index (χ1) is 41.0. The van der Waals surface area contributed by atoms with E-state index in [2.05, 4.69) is 314 Å². The molecule has 0 saturated heterocycles. The van der Waals surface area contributed by atoms with Crippen molar-refractivity contribution >= 4 is 105 Å². The maximum Gasteiger partial charge on any atom is 0.0544 e. The van der Waals surface area contributed by atoms with Crippen LogP contribution in [0.5, 0.6) is 0 Å². The van der Waals surface area contributed by atoms with Crippen LogP contribution < -0.4 is 9.80 Å². The minimum atomic E-state index is -0.306. The minimum absolute atomic E-state index is 0.306. The Morgan fingerprint density at radius 2 is 0.726 bits per heavy atom. The zero-order valence-corrected chi connectivity index (χ0v) is 48.3. The highest BCUT2D eigenvalue weighted by Gasteiger charge is 2.38. The maximum absolute atomic E-state index is 2.56. The molecule has 0 atom stereocenters. The van der Waals surface area contributed by atoms with E-state index in [0.717, 1.165) is 58.3 Å². The standard InChI is InChI=1S/C79H63N5/c1-50-20-28-55(29-21-50)80(59-37-41-75-67(44-59)64-16-10-12-18-73(64)82(75)57-32-24-52(3)25-33-57)61-39-43-77-69(46-61)70-48-72-66(49-78(70)84(77)54-14-8-7-9-15-54)63-40-36-62(47-71(63)79(72,5)6)81(56-30-22-51(2)23-31-56)60-38-42-76-68(45-60)65-17-11-13-19-74(65)83(76)58-34-26-53(4)27-35-58/h7-8,10-14,16-49H,9,15H2,1-6H3. The number of allylic oxidation sites excluding steroid dienone is 4. The van der Waals surface area contributed by atoms with E-state index in [9.17, 15) is 0 Å². The maximum atomic E-state index is 2.56. The SMILES string of the molecule is Cc1ccc(N(c2ccc3c(c2)C(C)(C)c2cc4c5cc(N(c6ccc(C)cc6)c6ccc7c(c6)c6ccccc6n7-c6ccc(C)cc6)ccc5n(C5=CC=CCC5)c4cc2-3)c2ccc3c(c2)c2ccccc2n3-c2ccc(C)cc2)cc1. The number of fused-ring (bicyclic) bond motifs is 12. The third kappa shape index (κ3) is 7.75. The molecule has 0 aliphatic heterocycles. The van der Waals surface area contributed by atoms with Gasteiger partial charge in [-0.2, -0.15) is 0 Å². The Kier molecular flexibility index (Phi) is 11.2. The quantitative estimate of drug-likeness (QED) is 0.144. The van der Waals surface area contributed by atoms with Crippen LogP contribution in [0.3, 0.4) is 0 Å². The number of aromatic nitrogens is 3. The number of hydrogen-bond acceptors (Lipinski definition) is 2. The molecular weight excluding hydrogens is 1020 g/mol. The van der Waals surface area contributed by atoms with Crippen molar-refractivity contribution in [2.45, 2.75) is 59.8 Å². The smallest absolute Gasteiger partial charge is 0.0544 e. The van der Waals surface area contributed by atoms with Gasteiger partial charge in [-0.1, -0.05) is 139 Å². The monoisotopic (exact) mass is 1080 g/mol. The van der Waals surface area contributed by atoms with Crippen molar-refractivity contribution < 1.29 is 0 Å². The molecule has 404 valence electrons. The molecule has 0 N–H and O–H groups in total. The molecule has 2 aliphatic carbocycles. The van der Waals surface area contributed by atoms with Crippen molar-refractivity contribution in [2.24, 2.45) is 0 Å². The van der Waals surface area contributed by atoms with Gasteiger partial charge in [-0.3, -0.25) is 0 Å². The predicted molar refractivity (Wildman–Crippen MR) is 357 cm³/mol. The van der Waals surface area contributed by atoms with Crippen molar-refractivity contribution in [3.8, 4) is 22.5 Å². The Hall–Kier alpha value is -10.1. The van der Waals surface area contributed by atoms with E-state index in [4.69, 9.17) is 0 Å². The van der Waals surface area contributed by atoms with Gasteiger partial charge < -0.3 is 23.5 Å². The van der Waals surface area contributed by atoms with E-state index in [1.165, 1.54) is 116 Å². The van der Waals surface area contributed by atoms with Gasteiger partial charge >= 0.3 is 0 Å². The molecule has 0 fully saturated rings. The number of aryl methyl sites for hydroxylation is 4. The highest BCUT2D eigenvalue weighted by atomic mass is 15.2. The Morgan fingerprint density at radius 3 is 1.21 bits per heavy atom. The summed E-state index contributed by atoms with van der Waals surface area (Å²) >= 11 is 0. The lowest BCUT2D eigenvalue weighted by Crippen LogP contribution is -2.16. The Bertz CT molecular complexity index is 5060. The third-order valence-electron chi connectivity index (χ3n) is 18.3. The highest BCUT2D eigenvalue weighted by molar-refractivity contribution is 6.15. The first-order valence-corrected chi connectivity index (χ1v) is 29.6. The van der Waals surface area contributed by atoms with Crippen molar-refractivity contribution in [2.75, 3.05) is 9.80 Å². The molecule has 0 radical (unpaired) electrons. The summed E-state index contributed by atoms with van der Waals surface area (Å²) in [6.07, 6.45) is 8.84. The van der Waals surface area contributed by atoms with Crippen LogP contribution in [0.2, 0.25) is 0 Å². The van der Waals surface area contributed by atoms with Crippen LogP contribution in [-0.2, 0) is 5.41 Å². The molecule has 5 heteroatoms. The number of para-hydroxylation sites is 2. The molecule has 3 heterocycles. The molecule has 16 rings (SSSR count). The van der Waals surface area contributed by atoms with Gasteiger partial charge in [0.05, 0.1) is 33.1 Å². The molecule has 5 nitrogen and oxygen atoms in total. The first kappa shape index (κ1) is 49.7. The van der Waals surface area contributed by atoms with E-state index in [-0.39, 0.29) is 5.41 Å². The van der Waals surface area contributed by atoms with Gasteiger partial charge in [0.1, 0.15) is 0 Å². The summed E-state index contributed by atoms with van der Waals surface area (Å²) in [5, 5.41) is 7.43. The summed E-state index contributed by atoms with van der Waals surface area (Å²) in [4.78, 5) is 4.91. The lowest BCUT2D eigenvalue weighted by Gasteiger charge is -2.28. The normalized spacial score (nSPS) is 13.6. The van der Waals surface area contributed by atoms with Gasteiger partial charge in [0.2, 0.25) is 0 Å². The number of anilines is 6. The molecule has 0 saturated carbocycles. The van der Waals surface area contributed by atoms with Crippen LogP contribution in [0.15, 0.2) is 249 Å². The average molecular weight is 1080 g/mol. The van der Waals surface area contributed by atoms with Crippen LogP contribution in [0, 0.1) is 27.7 Å². The fraction of sp³-hybridized carbons (Fsp3) is 0.114. The summed E-state index contributed by atoms with van der Waals surface area (Å²) in [6.45, 7) is 13.5. The molecule has 0 amide bonds. The van der Waals surface area contributed by atoms with Crippen molar-refractivity contribution in [1.29, 1.82) is 0 Å². The predicted octanol–water partition coefficient (Wildman–Crippen LogP) is 21.7. The van der Waals surface area contributed by atoms with Gasteiger partial charge in [0.25, 0.3) is 0 Å². The van der Waals surface area contributed by atoms with Gasteiger partial charge in [-0.05, 0) is 208 Å². The number of rotatable bonds is 9. The summed E-state index contributed by atoms with van der Waals surface area (Å²) < 4.78 is 7.38. The van der Waals surface area contributed by atoms with Crippen molar-refractivity contribution in [3.63, 3.8) is 0 Å². The molecule has 11 aromatic carbocycles. The molecule has 84 heavy (non-hydrogen) atoms. The second-order valence-electron chi connectivity index (χ2n) is 24.1. The van der Waals surface area contributed by atoms with Crippen molar-refractivity contribution in [3.05, 3.63) is 282 Å². The minimum Gasteiger partial charge on any atom is -0.313 e. The molecule has 14 aromatic rings. The van der Waals surface area contributed by atoms with Gasteiger partial charge in [0.15, 0.2) is 0 Å². The molecule has 0 bridgehead atoms. The Labute approximate surface area is 490 Å². The zero-order chi connectivity index (χ0) is 56.5. The summed E-state index contributed by atoms with van der Waals surface area (Å²) in [6, 6.07) is 87.0. The fourth-order valence-corrected chi connectivity index (χ4v) is 14.0. The average Bonchev–Trinajstić information content (AvgIpc) is 2.87. The number of nitrogens with zero attached hydrogens (tertiary/aromatic N) is 5. The Balaban J connectivity index is 0.854. The van der Waals surface area contributed by atoms with Gasteiger partial charge in [-0.15, -0.1) is 0 Å². The topological polar surface area (TPSA) is 21.3 Å². The van der Waals surface area contributed by atoms with E-state index in [1.807, 2.05) is 0 Å². The fourth-order valence-electron chi connectivity index (χ4n) is 14.0. The van der Waals surface area contributed by atoms with Crippen molar-refractivity contribution in [1.82, 2.24) is 13.7 Å². The number of hydrogen-bond donors (Lipinski definition) is 0. The lowest BCUT2D eigenvalue weighted by atomic mass is 9.82. The van der Waals surface area contributed by atoms with Crippen LogP contribution in [0.1, 0.15) is 60.1 Å². The van der Waals surface area contributed by atoms with E-state index >= 15 is 0 Å².